The van der Waals surface area contributed by atoms with Crippen LogP contribution in [0, 0.1) is 13.8 Å². The van der Waals surface area contributed by atoms with Gasteiger partial charge in [0.25, 0.3) is 0 Å². The molecule has 1 unspecified atom stereocenters. The molecule has 0 bridgehead atoms. The van der Waals surface area contributed by atoms with Gasteiger partial charge in [0, 0.05) is 16.5 Å². The number of rotatable bonds is 4. The van der Waals surface area contributed by atoms with Crippen molar-refractivity contribution in [2.45, 2.75) is 23.6 Å². The number of hydrogen-bond donors (Lipinski definition) is 0. The van der Waals surface area contributed by atoms with Crippen molar-refractivity contribution in [1.29, 1.82) is 0 Å². The third kappa shape index (κ3) is 2.93. The topological polar surface area (TPSA) is 65.7 Å². The number of ether oxygens (including phenoxy) is 2. The molecular formula is C19H18O5S. The van der Waals surface area contributed by atoms with E-state index in [1.54, 1.807) is 25.1 Å². The van der Waals surface area contributed by atoms with Gasteiger partial charge in [0.1, 0.15) is 33.6 Å². The van der Waals surface area contributed by atoms with Crippen LogP contribution in [0.4, 0.5) is 0 Å². The van der Waals surface area contributed by atoms with E-state index in [1.165, 1.54) is 20.5 Å². The maximum absolute atomic E-state index is 13.0. The van der Waals surface area contributed by atoms with E-state index in [0.29, 0.717) is 27.5 Å². The molecule has 3 rings (SSSR count). The Morgan fingerprint density at radius 2 is 1.64 bits per heavy atom. The summed E-state index contributed by atoms with van der Waals surface area (Å²) >= 11 is 0. The van der Waals surface area contributed by atoms with Gasteiger partial charge >= 0.3 is 0 Å². The molecule has 0 spiro atoms. The summed E-state index contributed by atoms with van der Waals surface area (Å²) in [4.78, 5) is 13.6. The SMILES string of the molecule is COc1cc(OC)c2c(=O)c(S(=O)c3ccc(C)cc3)coc2c1C. The van der Waals surface area contributed by atoms with E-state index < -0.39 is 10.8 Å². The van der Waals surface area contributed by atoms with E-state index in [4.69, 9.17) is 13.9 Å². The molecule has 0 amide bonds. The molecule has 3 aromatic rings. The summed E-state index contributed by atoms with van der Waals surface area (Å²) in [7, 11) is 1.36. The Morgan fingerprint density at radius 1 is 1.00 bits per heavy atom. The third-order valence-corrected chi connectivity index (χ3v) is 5.44. The fourth-order valence-electron chi connectivity index (χ4n) is 2.65. The van der Waals surface area contributed by atoms with E-state index in [2.05, 4.69) is 0 Å². The summed E-state index contributed by atoms with van der Waals surface area (Å²) in [5, 5.41) is 0.263. The van der Waals surface area contributed by atoms with Gasteiger partial charge in [-0.15, -0.1) is 0 Å². The number of benzene rings is 2. The van der Waals surface area contributed by atoms with Crippen LogP contribution in [0.5, 0.6) is 11.5 Å². The summed E-state index contributed by atoms with van der Waals surface area (Å²) < 4.78 is 29.1. The highest BCUT2D eigenvalue weighted by Crippen LogP contribution is 2.34. The zero-order valence-electron chi connectivity index (χ0n) is 14.4. The quantitative estimate of drug-likeness (QED) is 0.713. The van der Waals surface area contributed by atoms with E-state index >= 15 is 0 Å². The maximum atomic E-state index is 13.0. The number of methoxy groups -OCH3 is 2. The first-order chi connectivity index (χ1) is 12.0. The highest BCUT2D eigenvalue weighted by Gasteiger charge is 2.21. The highest BCUT2D eigenvalue weighted by atomic mass is 32.2. The predicted octanol–water partition coefficient (Wildman–Crippen LogP) is 3.59. The van der Waals surface area contributed by atoms with Crippen molar-refractivity contribution in [3.8, 4) is 11.5 Å². The smallest absolute Gasteiger partial charge is 0.212 e. The first kappa shape index (κ1) is 17.2. The maximum Gasteiger partial charge on any atom is 0.212 e. The second-order valence-corrected chi connectivity index (χ2v) is 7.07. The molecule has 1 heterocycles. The molecule has 6 heteroatoms. The van der Waals surface area contributed by atoms with Crippen molar-refractivity contribution < 1.29 is 18.1 Å². The Morgan fingerprint density at radius 3 is 2.24 bits per heavy atom. The van der Waals surface area contributed by atoms with Crippen LogP contribution in [-0.2, 0) is 10.8 Å². The van der Waals surface area contributed by atoms with Crippen LogP contribution in [0.3, 0.4) is 0 Å². The monoisotopic (exact) mass is 358 g/mol. The summed E-state index contributed by atoms with van der Waals surface area (Å²) in [6, 6.07) is 8.82. The lowest BCUT2D eigenvalue weighted by Gasteiger charge is -2.12. The van der Waals surface area contributed by atoms with Gasteiger partial charge in [-0.2, -0.15) is 0 Å². The van der Waals surface area contributed by atoms with Crippen molar-refractivity contribution in [3.05, 3.63) is 57.9 Å². The van der Waals surface area contributed by atoms with Crippen LogP contribution in [0.1, 0.15) is 11.1 Å². The van der Waals surface area contributed by atoms with Crippen LogP contribution in [-0.4, -0.2) is 18.4 Å². The van der Waals surface area contributed by atoms with E-state index in [9.17, 15) is 9.00 Å². The normalized spacial score (nSPS) is 12.2. The van der Waals surface area contributed by atoms with Crippen LogP contribution >= 0.6 is 0 Å². The van der Waals surface area contributed by atoms with E-state index in [1.807, 2.05) is 19.1 Å². The van der Waals surface area contributed by atoms with Crippen LogP contribution in [0.15, 0.2) is 55.6 Å². The first-order valence-corrected chi connectivity index (χ1v) is 8.78. The zero-order valence-corrected chi connectivity index (χ0v) is 15.2. The molecule has 1 atom stereocenters. The molecular weight excluding hydrogens is 340 g/mol. The molecule has 0 radical (unpaired) electrons. The zero-order chi connectivity index (χ0) is 18.1. The average molecular weight is 358 g/mol. The predicted molar refractivity (Wildman–Crippen MR) is 96.2 cm³/mol. The molecule has 25 heavy (non-hydrogen) atoms. The van der Waals surface area contributed by atoms with Crippen LogP contribution in [0.25, 0.3) is 11.0 Å². The van der Waals surface area contributed by atoms with Gasteiger partial charge in [-0.3, -0.25) is 4.79 Å². The Kier molecular flexibility index (Phi) is 4.63. The first-order valence-electron chi connectivity index (χ1n) is 7.63. The fraction of sp³-hybridized carbons (Fsp3) is 0.211. The van der Waals surface area contributed by atoms with Gasteiger partial charge in [-0.25, -0.2) is 4.21 Å². The Hall–Kier alpha value is -2.60. The molecule has 0 aliphatic heterocycles. The summed E-state index contributed by atoms with van der Waals surface area (Å²) in [5.74, 6) is 0.883. The van der Waals surface area contributed by atoms with Crippen LogP contribution < -0.4 is 14.9 Å². The molecule has 0 N–H and O–H groups in total. The minimum Gasteiger partial charge on any atom is -0.496 e. The number of fused-ring (bicyclic) bond motifs is 1. The Labute approximate surface area is 147 Å². The van der Waals surface area contributed by atoms with Gasteiger partial charge in [-0.1, -0.05) is 17.7 Å². The fourth-order valence-corrected chi connectivity index (χ4v) is 3.70. The molecule has 5 nitrogen and oxygen atoms in total. The second-order valence-electron chi connectivity index (χ2n) is 5.62. The van der Waals surface area contributed by atoms with Gasteiger partial charge in [-0.05, 0) is 26.0 Å². The molecule has 0 saturated carbocycles. The molecule has 130 valence electrons. The third-order valence-electron chi connectivity index (χ3n) is 4.06. The molecule has 0 saturated heterocycles. The van der Waals surface area contributed by atoms with Crippen molar-refractivity contribution in [2.75, 3.05) is 14.2 Å². The summed E-state index contributed by atoms with van der Waals surface area (Å²) in [6.45, 7) is 3.73. The molecule has 0 aliphatic rings. The standard InChI is InChI=1S/C19H18O5S/c1-11-5-7-13(8-6-11)25(21)16-10-24-19-12(2)14(22-3)9-15(23-4)17(19)18(16)20/h5-10H,1-4H3. The average Bonchev–Trinajstić information content (AvgIpc) is 2.62. The van der Waals surface area contributed by atoms with Crippen molar-refractivity contribution in [1.82, 2.24) is 0 Å². The van der Waals surface area contributed by atoms with Crippen LogP contribution in [0.2, 0.25) is 0 Å². The van der Waals surface area contributed by atoms with Crippen molar-refractivity contribution >= 4 is 21.8 Å². The minimum atomic E-state index is -1.64. The summed E-state index contributed by atoms with van der Waals surface area (Å²) in [5.41, 5.74) is 1.73. The lowest BCUT2D eigenvalue weighted by atomic mass is 10.1. The molecule has 0 aliphatic carbocycles. The van der Waals surface area contributed by atoms with Gasteiger partial charge in [0.05, 0.1) is 25.0 Å². The highest BCUT2D eigenvalue weighted by molar-refractivity contribution is 7.85. The number of aryl methyl sites for hydroxylation is 2. The Bertz CT molecular complexity index is 1020. The number of hydrogen-bond acceptors (Lipinski definition) is 5. The summed E-state index contributed by atoms with van der Waals surface area (Å²) in [6.07, 6.45) is 1.26. The van der Waals surface area contributed by atoms with E-state index in [0.717, 1.165) is 5.56 Å². The van der Waals surface area contributed by atoms with E-state index in [-0.39, 0.29) is 15.7 Å². The minimum absolute atomic E-state index is 0.0826. The molecule has 1 aromatic heterocycles. The van der Waals surface area contributed by atoms with Gasteiger partial charge < -0.3 is 13.9 Å². The largest absolute Gasteiger partial charge is 0.496 e. The lowest BCUT2D eigenvalue weighted by molar-refractivity contribution is 0.393. The molecule has 2 aromatic carbocycles. The molecule has 0 fully saturated rings. The van der Waals surface area contributed by atoms with Gasteiger partial charge in [0.15, 0.2) is 0 Å². The van der Waals surface area contributed by atoms with Gasteiger partial charge in [0.2, 0.25) is 5.43 Å². The Balaban J connectivity index is 2.25. The van der Waals surface area contributed by atoms with Crippen molar-refractivity contribution in [2.24, 2.45) is 0 Å². The lowest BCUT2D eigenvalue weighted by Crippen LogP contribution is -2.12. The van der Waals surface area contributed by atoms with Crippen molar-refractivity contribution in [3.63, 3.8) is 0 Å². The second kappa shape index (κ2) is 6.72.